The minimum atomic E-state index is -0.513. The molecule has 22 heavy (non-hydrogen) atoms. The highest BCUT2D eigenvalue weighted by Gasteiger charge is 2.44. The average molecular weight is 352 g/mol. The zero-order chi connectivity index (χ0) is 15.9. The van der Waals surface area contributed by atoms with Gasteiger partial charge in [0.2, 0.25) is 5.91 Å². The number of benzene rings is 2. The van der Waals surface area contributed by atoms with E-state index in [1.807, 2.05) is 55.1 Å². The zero-order valence-electron chi connectivity index (χ0n) is 12.3. The third-order valence-corrected chi connectivity index (χ3v) is 5.65. The minimum Gasteiger partial charge on any atom is -0.293 e. The molecule has 1 heterocycles. The van der Waals surface area contributed by atoms with Gasteiger partial charge in [-0.15, -0.1) is 11.8 Å². The number of carbonyl (C=O) groups excluding carboxylic acids is 1. The normalized spacial score (nSPS) is 21.5. The van der Waals surface area contributed by atoms with E-state index in [1.165, 1.54) is 0 Å². The molecule has 2 aromatic rings. The molecule has 2 nitrogen and oxygen atoms in total. The summed E-state index contributed by atoms with van der Waals surface area (Å²) in [5, 5.41) is 1.15. The molecule has 1 saturated heterocycles. The van der Waals surface area contributed by atoms with Crippen molar-refractivity contribution in [1.29, 1.82) is 0 Å². The maximum atomic E-state index is 12.5. The van der Waals surface area contributed by atoms with E-state index in [-0.39, 0.29) is 5.91 Å². The average Bonchev–Trinajstić information content (AvgIpc) is 2.76. The van der Waals surface area contributed by atoms with E-state index < -0.39 is 4.87 Å². The van der Waals surface area contributed by atoms with Crippen LogP contribution >= 0.6 is 35.0 Å². The second-order valence-electron chi connectivity index (χ2n) is 5.49. The number of anilines is 1. The van der Waals surface area contributed by atoms with Gasteiger partial charge in [-0.25, -0.2) is 0 Å². The Morgan fingerprint density at radius 2 is 1.68 bits per heavy atom. The van der Waals surface area contributed by atoms with Crippen LogP contribution in [0, 0.1) is 6.92 Å². The van der Waals surface area contributed by atoms with E-state index >= 15 is 0 Å². The summed E-state index contributed by atoms with van der Waals surface area (Å²) in [7, 11) is 0. The lowest BCUT2D eigenvalue weighted by molar-refractivity contribution is -0.116. The van der Waals surface area contributed by atoms with Gasteiger partial charge < -0.3 is 0 Å². The first-order chi connectivity index (χ1) is 10.4. The molecule has 1 aliphatic rings. The van der Waals surface area contributed by atoms with Crippen molar-refractivity contribution >= 4 is 46.6 Å². The molecule has 0 aromatic heterocycles. The Hall–Kier alpha value is -1.16. The number of thioether (sulfide) groups is 1. The summed E-state index contributed by atoms with van der Waals surface area (Å²) in [6, 6.07) is 13.4. The molecule has 0 radical (unpaired) electrons. The third kappa shape index (κ3) is 2.73. The lowest BCUT2D eigenvalue weighted by Gasteiger charge is -2.35. The van der Waals surface area contributed by atoms with Crippen molar-refractivity contribution in [3.63, 3.8) is 0 Å². The zero-order valence-corrected chi connectivity index (χ0v) is 14.6. The highest BCUT2D eigenvalue weighted by molar-refractivity contribution is 8.01. The van der Waals surface area contributed by atoms with Crippen LogP contribution in [0.25, 0.3) is 0 Å². The summed E-state index contributed by atoms with van der Waals surface area (Å²) in [6.07, 6.45) is 0. The van der Waals surface area contributed by atoms with E-state index in [2.05, 4.69) is 0 Å². The number of hydrogen-bond donors (Lipinski definition) is 0. The van der Waals surface area contributed by atoms with Gasteiger partial charge in [0.25, 0.3) is 0 Å². The Kier molecular flexibility index (Phi) is 4.15. The molecule has 5 heteroatoms. The predicted molar refractivity (Wildman–Crippen MR) is 94.9 cm³/mol. The summed E-state index contributed by atoms with van der Waals surface area (Å²) >= 11 is 13.9. The van der Waals surface area contributed by atoms with Gasteiger partial charge >= 0.3 is 0 Å². The summed E-state index contributed by atoms with van der Waals surface area (Å²) in [6.45, 7) is 4.06. The Bertz CT molecular complexity index is 712. The summed E-state index contributed by atoms with van der Waals surface area (Å²) in [5.74, 6) is 0.529. The highest BCUT2D eigenvalue weighted by Crippen LogP contribution is 2.48. The number of rotatable bonds is 2. The van der Waals surface area contributed by atoms with Crippen molar-refractivity contribution in [3.05, 3.63) is 63.6 Å². The second-order valence-corrected chi connectivity index (χ2v) is 7.74. The highest BCUT2D eigenvalue weighted by atomic mass is 35.5. The molecule has 2 aromatic carbocycles. The van der Waals surface area contributed by atoms with E-state index in [4.69, 9.17) is 23.2 Å². The molecule has 0 aliphatic carbocycles. The molecule has 114 valence electrons. The second kappa shape index (κ2) is 5.80. The van der Waals surface area contributed by atoms with Crippen LogP contribution in [0.3, 0.4) is 0 Å². The lowest BCUT2D eigenvalue weighted by Crippen LogP contribution is -2.40. The van der Waals surface area contributed by atoms with Gasteiger partial charge in [-0.1, -0.05) is 40.9 Å². The molecule has 1 amide bonds. The van der Waals surface area contributed by atoms with Gasteiger partial charge in [-0.05, 0) is 49.7 Å². The van der Waals surface area contributed by atoms with E-state index in [0.717, 1.165) is 16.8 Å². The number of carbonyl (C=O) groups is 1. The molecular weight excluding hydrogens is 337 g/mol. The van der Waals surface area contributed by atoms with Gasteiger partial charge in [0.15, 0.2) is 0 Å². The Balaban J connectivity index is 2.10. The molecule has 1 unspecified atom stereocenters. The fraction of sp³-hybridized carbons (Fsp3) is 0.235. The van der Waals surface area contributed by atoms with Crippen LogP contribution in [0.2, 0.25) is 10.0 Å². The Morgan fingerprint density at radius 1 is 1.09 bits per heavy atom. The van der Waals surface area contributed by atoms with Crippen molar-refractivity contribution in [2.24, 2.45) is 0 Å². The molecule has 3 rings (SSSR count). The summed E-state index contributed by atoms with van der Waals surface area (Å²) < 4.78 is 0. The van der Waals surface area contributed by atoms with Crippen LogP contribution in [0.4, 0.5) is 5.69 Å². The molecule has 1 aliphatic heterocycles. The topological polar surface area (TPSA) is 20.3 Å². The summed E-state index contributed by atoms with van der Waals surface area (Å²) in [4.78, 5) is 13.8. The summed E-state index contributed by atoms with van der Waals surface area (Å²) in [5.41, 5.74) is 2.98. The van der Waals surface area contributed by atoms with Gasteiger partial charge in [0.05, 0.1) is 5.75 Å². The van der Waals surface area contributed by atoms with Crippen LogP contribution in [-0.2, 0) is 9.67 Å². The molecule has 0 saturated carbocycles. The van der Waals surface area contributed by atoms with Crippen molar-refractivity contribution in [1.82, 2.24) is 0 Å². The van der Waals surface area contributed by atoms with Crippen LogP contribution in [-0.4, -0.2) is 11.7 Å². The van der Waals surface area contributed by atoms with Crippen molar-refractivity contribution < 1.29 is 4.79 Å². The van der Waals surface area contributed by atoms with Crippen LogP contribution in [0.15, 0.2) is 42.5 Å². The standard InChI is InChI=1S/C17H15Cl2NOS/c1-11-3-5-15(6-4-11)20-16(21)10-22-17(20,2)12-7-13(18)9-14(19)8-12/h3-9H,10H2,1-2H3. The number of amides is 1. The smallest absolute Gasteiger partial charge is 0.238 e. The fourth-order valence-corrected chi connectivity index (χ4v) is 4.37. The van der Waals surface area contributed by atoms with E-state index in [0.29, 0.717) is 15.8 Å². The van der Waals surface area contributed by atoms with Crippen LogP contribution in [0.5, 0.6) is 0 Å². The van der Waals surface area contributed by atoms with Gasteiger partial charge in [-0.3, -0.25) is 9.69 Å². The number of halogens is 2. The number of hydrogen-bond acceptors (Lipinski definition) is 2. The molecule has 0 spiro atoms. The van der Waals surface area contributed by atoms with Crippen molar-refractivity contribution in [2.45, 2.75) is 18.7 Å². The maximum Gasteiger partial charge on any atom is 0.238 e. The van der Waals surface area contributed by atoms with Gasteiger partial charge in [0.1, 0.15) is 4.87 Å². The lowest BCUT2D eigenvalue weighted by atomic mass is 10.0. The molecular formula is C17H15Cl2NOS. The van der Waals surface area contributed by atoms with Crippen LogP contribution in [0.1, 0.15) is 18.1 Å². The van der Waals surface area contributed by atoms with Gasteiger partial charge in [-0.2, -0.15) is 0 Å². The largest absolute Gasteiger partial charge is 0.293 e. The first kappa shape index (κ1) is 15.7. The first-order valence-electron chi connectivity index (χ1n) is 6.90. The number of nitrogens with zero attached hydrogens (tertiary/aromatic N) is 1. The van der Waals surface area contributed by atoms with E-state index in [9.17, 15) is 4.79 Å². The molecule has 0 bridgehead atoms. The Morgan fingerprint density at radius 3 is 2.27 bits per heavy atom. The van der Waals surface area contributed by atoms with E-state index in [1.54, 1.807) is 17.8 Å². The Labute approximate surface area is 144 Å². The quantitative estimate of drug-likeness (QED) is 0.735. The number of aryl methyl sites for hydroxylation is 1. The SMILES string of the molecule is Cc1ccc(N2C(=O)CSC2(C)c2cc(Cl)cc(Cl)c2)cc1. The van der Waals surface area contributed by atoms with Crippen molar-refractivity contribution in [2.75, 3.05) is 10.7 Å². The predicted octanol–water partition coefficient (Wildman–Crippen LogP) is 5.25. The fourth-order valence-electron chi connectivity index (χ4n) is 2.69. The maximum absolute atomic E-state index is 12.5. The minimum absolute atomic E-state index is 0.0902. The monoisotopic (exact) mass is 351 g/mol. The van der Waals surface area contributed by atoms with Gasteiger partial charge in [0, 0.05) is 15.7 Å². The van der Waals surface area contributed by atoms with Crippen LogP contribution < -0.4 is 4.90 Å². The first-order valence-corrected chi connectivity index (χ1v) is 8.64. The van der Waals surface area contributed by atoms with Crippen molar-refractivity contribution in [3.8, 4) is 0 Å². The third-order valence-electron chi connectivity index (χ3n) is 3.84. The molecule has 1 fully saturated rings. The molecule has 0 N–H and O–H groups in total. The molecule has 1 atom stereocenters.